The largest absolute Gasteiger partial charge is 0.454 e. The molecular weight excluding hydrogens is 423 g/mol. The molecule has 2 heterocycles. The third-order valence-corrected chi connectivity index (χ3v) is 6.33. The van der Waals surface area contributed by atoms with E-state index in [1.807, 2.05) is 42.5 Å². The third-order valence-electron chi connectivity index (χ3n) is 5.62. The van der Waals surface area contributed by atoms with E-state index in [1.54, 1.807) is 12.3 Å². The zero-order valence-corrected chi connectivity index (χ0v) is 17.5. The highest BCUT2D eigenvalue weighted by atomic mass is 35.5. The zero-order chi connectivity index (χ0) is 20.7. The van der Waals surface area contributed by atoms with Crippen LogP contribution in [-0.2, 0) is 16.6 Å². The number of rotatable bonds is 5. The lowest BCUT2D eigenvalue weighted by Crippen LogP contribution is -2.28. The molecule has 0 unspecified atom stereocenters. The third kappa shape index (κ3) is 3.48. The first-order valence-electron chi connectivity index (χ1n) is 9.65. The Kier molecular flexibility index (Phi) is 4.80. The molecule has 152 valence electrons. The summed E-state index contributed by atoms with van der Waals surface area (Å²) >= 11 is 12.5. The van der Waals surface area contributed by atoms with E-state index in [0.717, 1.165) is 29.5 Å². The van der Waals surface area contributed by atoms with Crippen molar-refractivity contribution in [3.8, 4) is 11.5 Å². The Morgan fingerprint density at radius 3 is 2.50 bits per heavy atom. The molecule has 3 aromatic rings. The summed E-state index contributed by atoms with van der Waals surface area (Å²) in [4.78, 5) is 17.4. The molecule has 1 aliphatic carbocycles. The lowest BCUT2D eigenvalue weighted by Gasteiger charge is -2.16. The number of benzene rings is 2. The summed E-state index contributed by atoms with van der Waals surface area (Å²) in [5.41, 5.74) is 2.22. The summed E-state index contributed by atoms with van der Waals surface area (Å²) in [6, 6.07) is 14.9. The topological polar surface area (TPSA) is 60.5 Å². The fourth-order valence-corrected chi connectivity index (χ4v) is 4.24. The minimum atomic E-state index is -0.535. The van der Waals surface area contributed by atoms with Crippen LogP contribution in [-0.4, -0.2) is 17.7 Å². The molecule has 1 amide bonds. The highest BCUT2D eigenvalue weighted by Gasteiger charge is 2.51. The minimum absolute atomic E-state index is 0.0595. The predicted molar refractivity (Wildman–Crippen MR) is 116 cm³/mol. The lowest BCUT2D eigenvalue weighted by atomic mass is 9.94. The van der Waals surface area contributed by atoms with Crippen LogP contribution in [0.4, 0.5) is 5.82 Å². The van der Waals surface area contributed by atoms with Gasteiger partial charge in [-0.05, 0) is 59.9 Å². The number of fused-ring (bicyclic) bond motifs is 1. The Labute approximate surface area is 183 Å². The first kappa shape index (κ1) is 19.2. The summed E-state index contributed by atoms with van der Waals surface area (Å²) in [5, 5.41) is 4.20. The quantitative estimate of drug-likeness (QED) is 0.578. The van der Waals surface area contributed by atoms with Crippen LogP contribution in [0.25, 0.3) is 0 Å². The van der Waals surface area contributed by atoms with Crippen LogP contribution >= 0.6 is 23.2 Å². The second-order valence-electron chi connectivity index (χ2n) is 7.53. The van der Waals surface area contributed by atoms with Crippen molar-refractivity contribution in [2.45, 2.75) is 24.7 Å². The Balaban J connectivity index is 1.30. The number of nitrogens with zero attached hydrogens (tertiary/aromatic N) is 1. The number of carbonyl (C=O) groups is 1. The summed E-state index contributed by atoms with van der Waals surface area (Å²) in [6.07, 6.45) is 3.89. The highest BCUT2D eigenvalue weighted by Crippen LogP contribution is 2.51. The Morgan fingerprint density at radius 1 is 1.03 bits per heavy atom. The molecule has 0 radical (unpaired) electrons. The zero-order valence-electron chi connectivity index (χ0n) is 16.0. The van der Waals surface area contributed by atoms with Crippen LogP contribution in [0, 0.1) is 0 Å². The van der Waals surface area contributed by atoms with Crippen LogP contribution in [0.1, 0.15) is 29.5 Å². The molecule has 0 bridgehead atoms. The van der Waals surface area contributed by atoms with Gasteiger partial charge in [-0.25, -0.2) is 4.98 Å². The molecule has 1 aromatic heterocycles. The van der Waals surface area contributed by atoms with Gasteiger partial charge >= 0.3 is 0 Å². The van der Waals surface area contributed by atoms with Gasteiger partial charge in [0.2, 0.25) is 12.7 Å². The fourth-order valence-electron chi connectivity index (χ4n) is 3.71. The first-order valence-corrected chi connectivity index (χ1v) is 10.4. The number of carbonyl (C=O) groups excluding carboxylic acids is 1. The van der Waals surface area contributed by atoms with Gasteiger partial charge in [0, 0.05) is 22.7 Å². The summed E-state index contributed by atoms with van der Waals surface area (Å²) < 4.78 is 10.8. The van der Waals surface area contributed by atoms with Crippen LogP contribution in [0.3, 0.4) is 0 Å². The summed E-state index contributed by atoms with van der Waals surface area (Å²) in [5.74, 6) is 1.86. The standard InChI is InChI=1S/C23H18Cl2N2O3/c24-17-2-1-3-18(25)16(17)10-14-4-7-21(26-12-14)27-22(28)23(8-9-23)15-5-6-19-20(11-15)30-13-29-19/h1-7,11-12H,8-10,13H2,(H,26,27,28). The number of aromatic nitrogens is 1. The Morgan fingerprint density at radius 2 is 1.80 bits per heavy atom. The maximum Gasteiger partial charge on any atom is 0.236 e. The number of nitrogens with one attached hydrogen (secondary N) is 1. The average Bonchev–Trinajstić information content (AvgIpc) is 3.43. The number of hydrogen-bond donors (Lipinski definition) is 1. The van der Waals surface area contributed by atoms with Crippen molar-refractivity contribution in [3.05, 3.63) is 81.5 Å². The smallest absolute Gasteiger partial charge is 0.236 e. The van der Waals surface area contributed by atoms with Gasteiger partial charge in [-0.3, -0.25) is 4.79 Å². The van der Waals surface area contributed by atoms with Crippen molar-refractivity contribution in [3.63, 3.8) is 0 Å². The van der Waals surface area contributed by atoms with Crippen molar-refractivity contribution in [1.29, 1.82) is 0 Å². The first-order chi connectivity index (χ1) is 14.5. The van der Waals surface area contributed by atoms with E-state index in [4.69, 9.17) is 32.7 Å². The molecule has 1 N–H and O–H groups in total. The van der Waals surface area contributed by atoms with E-state index >= 15 is 0 Å². The molecule has 0 atom stereocenters. The second kappa shape index (κ2) is 7.49. The van der Waals surface area contributed by atoms with E-state index in [2.05, 4.69) is 10.3 Å². The van der Waals surface area contributed by atoms with Gasteiger partial charge in [0.15, 0.2) is 11.5 Å². The molecule has 5 rings (SSSR count). The highest BCUT2D eigenvalue weighted by molar-refractivity contribution is 6.36. The SMILES string of the molecule is O=C(Nc1ccc(Cc2c(Cl)cccc2Cl)cn1)C1(c2ccc3c(c2)OCO3)CC1. The maximum absolute atomic E-state index is 13.0. The molecule has 0 saturated heterocycles. The van der Waals surface area contributed by atoms with Crippen molar-refractivity contribution < 1.29 is 14.3 Å². The van der Waals surface area contributed by atoms with Crippen LogP contribution in [0.2, 0.25) is 10.0 Å². The van der Waals surface area contributed by atoms with Crippen LogP contribution in [0.15, 0.2) is 54.7 Å². The van der Waals surface area contributed by atoms with E-state index < -0.39 is 5.41 Å². The number of hydrogen-bond acceptors (Lipinski definition) is 4. The molecule has 5 nitrogen and oxygen atoms in total. The van der Waals surface area contributed by atoms with E-state index in [1.165, 1.54) is 0 Å². The molecule has 1 aliphatic heterocycles. The maximum atomic E-state index is 13.0. The molecule has 1 fully saturated rings. The number of amides is 1. The molecule has 7 heteroatoms. The van der Waals surface area contributed by atoms with Gasteiger partial charge < -0.3 is 14.8 Å². The summed E-state index contributed by atoms with van der Waals surface area (Å²) in [6.45, 7) is 0.216. The van der Waals surface area contributed by atoms with Gasteiger partial charge in [-0.1, -0.05) is 41.4 Å². The number of halogens is 2. The number of ether oxygens (including phenoxy) is 2. The molecule has 1 saturated carbocycles. The fraction of sp³-hybridized carbons (Fsp3) is 0.217. The minimum Gasteiger partial charge on any atom is -0.454 e. The second-order valence-corrected chi connectivity index (χ2v) is 8.35. The summed E-state index contributed by atoms with van der Waals surface area (Å²) in [7, 11) is 0. The Hall–Kier alpha value is -2.76. The van der Waals surface area contributed by atoms with E-state index in [0.29, 0.717) is 33.8 Å². The van der Waals surface area contributed by atoms with Crippen molar-refractivity contribution in [2.24, 2.45) is 0 Å². The monoisotopic (exact) mass is 440 g/mol. The van der Waals surface area contributed by atoms with Crippen molar-refractivity contribution >= 4 is 34.9 Å². The van der Waals surface area contributed by atoms with Crippen molar-refractivity contribution in [1.82, 2.24) is 4.98 Å². The van der Waals surface area contributed by atoms with Crippen molar-refractivity contribution in [2.75, 3.05) is 12.1 Å². The van der Waals surface area contributed by atoms with Crippen LogP contribution in [0.5, 0.6) is 11.5 Å². The van der Waals surface area contributed by atoms with Crippen LogP contribution < -0.4 is 14.8 Å². The molecule has 2 aromatic carbocycles. The van der Waals surface area contributed by atoms with Gasteiger partial charge in [0.05, 0.1) is 5.41 Å². The van der Waals surface area contributed by atoms with Gasteiger partial charge in [0.1, 0.15) is 5.82 Å². The average molecular weight is 441 g/mol. The van der Waals surface area contributed by atoms with E-state index in [-0.39, 0.29) is 12.7 Å². The van der Waals surface area contributed by atoms with Gasteiger partial charge in [0.25, 0.3) is 0 Å². The van der Waals surface area contributed by atoms with Gasteiger partial charge in [-0.2, -0.15) is 0 Å². The van der Waals surface area contributed by atoms with E-state index in [9.17, 15) is 4.79 Å². The number of anilines is 1. The molecule has 2 aliphatic rings. The lowest BCUT2D eigenvalue weighted by molar-refractivity contribution is -0.118. The number of pyridine rings is 1. The molecular formula is C23H18Cl2N2O3. The predicted octanol–water partition coefficient (Wildman–Crippen LogP) is 5.38. The Bertz CT molecular complexity index is 1110. The molecule has 30 heavy (non-hydrogen) atoms. The molecule has 0 spiro atoms. The normalized spacial score (nSPS) is 15.7. The van der Waals surface area contributed by atoms with Gasteiger partial charge in [-0.15, -0.1) is 0 Å².